The summed E-state index contributed by atoms with van der Waals surface area (Å²) in [5.74, 6) is -0.942. The zero-order valence-electron chi connectivity index (χ0n) is 11.6. The monoisotopic (exact) mass is 319 g/mol. The number of para-hydroxylation sites is 1. The number of nitrogens with two attached hydrogens (primary N) is 1. The number of ether oxygens (including phenoxy) is 1. The van der Waals surface area contributed by atoms with E-state index in [9.17, 15) is 22.8 Å². The molecular formula is C13H16F3N3O3. The van der Waals surface area contributed by atoms with Gasteiger partial charge in [-0.15, -0.1) is 0 Å². The second-order valence-corrected chi connectivity index (χ2v) is 4.27. The predicted molar refractivity (Wildman–Crippen MR) is 71.9 cm³/mol. The molecule has 0 radical (unpaired) electrons. The van der Waals surface area contributed by atoms with Gasteiger partial charge in [0.2, 0.25) is 11.8 Å². The fourth-order valence-corrected chi connectivity index (χ4v) is 1.46. The summed E-state index contributed by atoms with van der Waals surface area (Å²) in [6.45, 7) is -1.93. The summed E-state index contributed by atoms with van der Waals surface area (Å²) in [6.07, 6.45) is -4.44. The highest BCUT2D eigenvalue weighted by molar-refractivity contribution is 5.85. The first kappa shape index (κ1) is 17.8. The fourth-order valence-electron chi connectivity index (χ4n) is 1.46. The first-order valence-corrected chi connectivity index (χ1v) is 6.32. The zero-order chi connectivity index (χ0) is 16.6. The molecule has 0 heterocycles. The predicted octanol–water partition coefficient (Wildman–Crippen LogP) is 0.319. The lowest BCUT2D eigenvalue weighted by atomic mass is 10.2. The Balaban J connectivity index is 2.51. The summed E-state index contributed by atoms with van der Waals surface area (Å²) < 4.78 is 41.1. The van der Waals surface area contributed by atoms with Gasteiger partial charge in [0.15, 0.2) is 6.61 Å². The Hall–Kier alpha value is -2.29. The molecule has 2 amide bonds. The molecule has 0 spiro atoms. The molecule has 0 bridgehead atoms. The average molecular weight is 319 g/mol. The lowest BCUT2D eigenvalue weighted by molar-refractivity contribution is -0.153. The van der Waals surface area contributed by atoms with Gasteiger partial charge in [-0.3, -0.25) is 9.59 Å². The third-order valence-corrected chi connectivity index (χ3v) is 2.47. The van der Waals surface area contributed by atoms with Gasteiger partial charge in [-0.25, -0.2) is 0 Å². The van der Waals surface area contributed by atoms with E-state index in [4.69, 9.17) is 5.73 Å². The van der Waals surface area contributed by atoms with Gasteiger partial charge in [-0.2, -0.15) is 13.2 Å². The van der Waals surface area contributed by atoms with Crippen molar-refractivity contribution >= 4 is 11.8 Å². The maximum absolute atomic E-state index is 12.2. The first-order valence-electron chi connectivity index (χ1n) is 6.32. The Morgan fingerprint density at radius 2 is 1.82 bits per heavy atom. The Labute approximate surface area is 124 Å². The van der Waals surface area contributed by atoms with Crippen LogP contribution in [0.4, 0.5) is 13.2 Å². The minimum atomic E-state index is -4.44. The van der Waals surface area contributed by atoms with Crippen molar-refractivity contribution in [1.82, 2.24) is 10.6 Å². The van der Waals surface area contributed by atoms with Crippen LogP contribution in [0.3, 0.4) is 0 Å². The van der Waals surface area contributed by atoms with E-state index in [1.54, 1.807) is 6.07 Å². The third kappa shape index (κ3) is 6.93. The average Bonchev–Trinajstić information content (AvgIpc) is 2.48. The molecule has 9 heteroatoms. The van der Waals surface area contributed by atoms with Crippen molar-refractivity contribution < 1.29 is 27.5 Å². The lowest BCUT2D eigenvalue weighted by Gasteiger charge is -2.13. The van der Waals surface area contributed by atoms with E-state index in [0.29, 0.717) is 5.56 Å². The molecule has 0 fully saturated rings. The number of hydrogen-bond acceptors (Lipinski definition) is 4. The van der Waals surface area contributed by atoms with Crippen molar-refractivity contribution in [3.63, 3.8) is 0 Å². The molecule has 4 N–H and O–H groups in total. The van der Waals surface area contributed by atoms with Gasteiger partial charge >= 0.3 is 6.18 Å². The molecule has 122 valence electrons. The van der Waals surface area contributed by atoms with Gasteiger partial charge in [-0.05, 0) is 6.07 Å². The van der Waals surface area contributed by atoms with Crippen molar-refractivity contribution in [3.8, 4) is 5.75 Å². The van der Waals surface area contributed by atoms with Crippen molar-refractivity contribution in [2.75, 3.05) is 19.7 Å². The Morgan fingerprint density at radius 1 is 1.14 bits per heavy atom. The Bertz CT molecular complexity index is 521. The van der Waals surface area contributed by atoms with E-state index in [2.05, 4.69) is 15.4 Å². The number of hydrogen-bond donors (Lipinski definition) is 3. The van der Waals surface area contributed by atoms with Gasteiger partial charge < -0.3 is 21.1 Å². The summed E-state index contributed by atoms with van der Waals surface area (Å²) in [4.78, 5) is 22.4. The van der Waals surface area contributed by atoms with Crippen LogP contribution in [0.25, 0.3) is 0 Å². The minimum Gasteiger partial charge on any atom is -0.484 e. The van der Waals surface area contributed by atoms with Crippen LogP contribution in [0, 0.1) is 0 Å². The maximum Gasteiger partial charge on any atom is 0.422 e. The molecule has 6 nitrogen and oxygen atoms in total. The largest absolute Gasteiger partial charge is 0.484 e. The van der Waals surface area contributed by atoms with Crippen LogP contribution in [0.5, 0.6) is 5.75 Å². The number of carbonyl (C=O) groups excluding carboxylic acids is 2. The van der Waals surface area contributed by atoms with E-state index in [1.807, 2.05) is 0 Å². The normalized spacial score (nSPS) is 10.9. The van der Waals surface area contributed by atoms with E-state index >= 15 is 0 Å². The van der Waals surface area contributed by atoms with Crippen molar-refractivity contribution in [1.29, 1.82) is 0 Å². The molecule has 0 aromatic heterocycles. The molecule has 0 unspecified atom stereocenters. The van der Waals surface area contributed by atoms with Crippen molar-refractivity contribution in [2.24, 2.45) is 5.73 Å². The van der Waals surface area contributed by atoms with E-state index in [-0.39, 0.29) is 25.4 Å². The van der Waals surface area contributed by atoms with Crippen LogP contribution in [-0.4, -0.2) is 37.7 Å². The van der Waals surface area contributed by atoms with Crippen molar-refractivity contribution in [2.45, 2.75) is 12.7 Å². The van der Waals surface area contributed by atoms with Gasteiger partial charge in [0.1, 0.15) is 5.75 Å². The van der Waals surface area contributed by atoms with Crippen LogP contribution in [0.2, 0.25) is 0 Å². The molecule has 0 saturated carbocycles. The number of rotatable bonds is 7. The van der Waals surface area contributed by atoms with E-state index < -0.39 is 24.6 Å². The number of benzene rings is 1. The van der Waals surface area contributed by atoms with Gasteiger partial charge in [-0.1, -0.05) is 18.2 Å². The molecule has 1 aromatic carbocycles. The highest BCUT2D eigenvalue weighted by Crippen LogP contribution is 2.21. The Kier molecular flexibility index (Phi) is 6.64. The van der Waals surface area contributed by atoms with Crippen LogP contribution in [0.15, 0.2) is 24.3 Å². The summed E-state index contributed by atoms with van der Waals surface area (Å²) in [7, 11) is 0. The molecular weight excluding hydrogens is 303 g/mol. The standard InChI is InChI=1S/C13H16F3N3O3/c14-13(15,16)8-22-10-4-2-1-3-9(10)6-18-12(21)7-19-11(20)5-17/h1-4H,5-8,17H2,(H,18,21)(H,19,20). The lowest BCUT2D eigenvalue weighted by Crippen LogP contribution is -2.39. The Morgan fingerprint density at radius 3 is 2.45 bits per heavy atom. The number of halogens is 3. The molecule has 0 aliphatic rings. The van der Waals surface area contributed by atoms with Crippen LogP contribution < -0.4 is 21.1 Å². The molecule has 0 atom stereocenters. The summed E-state index contributed by atoms with van der Waals surface area (Å²) in [5, 5.41) is 4.73. The van der Waals surface area contributed by atoms with Crippen molar-refractivity contribution in [3.05, 3.63) is 29.8 Å². The number of carbonyl (C=O) groups is 2. The third-order valence-electron chi connectivity index (χ3n) is 2.47. The highest BCUT2D eigenvalue weighted by atomic mass is 19.4. The van der Waals surface area contributed by atoms with Crippen LogP contribution >= 0.6 is 0 Å². The summed E-state index contributed by atoms with van der Waals surface area (Å²) >= 11 is 0. The molecule has 0 aliphatic carbocycles. The molecule has 1 rings (SSSR count). The molecule has 0 aliphatic heterocycles. The number of nitrogens with one attached hydrogen (secondary N) is 2. The summed E-state index contributed by atoms with van der Waals surface area (Å²) in [5.41, 5.74) is 5.45. The summed E-state index contributed by atoms with van der Waals surface area (Å²) in [6, 6.07) is 6.05. The SMILES string of the molecule is NCC(=O)NCC(=O)NCc1ccccc1OCC(F)(F)F. The van der Waals surface area contributed by atoms with E-state index in [1.165, 1.54) is 18.2 Å². The highest BCUT2D eigenvalue weighted by Gasteiger charge is 2.28. The number of amides is 2. The topological polar surface area (TPSA) is 93.5 Å². The molecule has 1 aromatic rings. The minimum absolute atomic E-state index is 0.0225. The van der Waals surface area contributed by atoms with Crippen LogP contribution in [0.1, 0.15) is 5.56 Å². The number of alkyl halides is 3. The second kappa shape index (κ2) is 8.23. The van der Waals surface area contributed by atoms with Gasteiger partial charge in [0.05, 0.1) is 13.1 Å². The molecule has 0 saturated heterocycles. The van der Waals surface area contributed by atoms with E-state index in [0.717, 1.165) is 0 Å². The fraction of sp³-hybridized carbons (Fsp3) is 0.385. The quantitative estimate of drug-likeness (QED) is 0.675. The smallest absolute Gasteiger partial charge is 0.422 e. The first-order chi connectivity index (χ1) is 10.3. The van der Waals surface area contributed by atoms with Crippen LogP contribution in [-0.2, 0) is 16.1 Å². The molecule has 22 heavy (non-hydrogen) atoms. The van der Waals surface area contributed by atoms with Gasteiger partial charge in [0, 0.05) is 12.1 Å². The van der Waals surface area contributed by atoms with Gasteiger partial charge in [0.25, 0.3) is 0 Å². The second-order valence-electron chi connectivity index (χ2n) is 4.27. The maximum atomic E-state index is 12.2. The zero-order valence-corrected chi connectivity index (χ0v) is 11.6.